The monoisotopic (exact) mass is 529 g/mol. The van der Waals surface area contributed by atoms with Gasteiger partial charge in [0.15, 0.2) is 0 Å². The zero-order chi connectivity index (χ0) is 24.7. The van der Waals surface area contributed by atoms with E-state index in [2.05, 4.69) is 14.9 Å². The Morgan fingerprint density at radius 3 is 2.44 bits per heavy atom. The van der Waals surface area contributed by atoms with Gasteiger partial charge in [0, 0.05) is 32.2 Å². The molecule has 1 heterocycles. The predicted octanol–water partition coefficient (Wildman–Crippen LogP) is 2.60. The molecule has 1 aliphatic rings. The van der Waals surface area contributed by atoms with Crippen molar-refractivity contribution in [1.29, 1.82) is 0 Å². The number of carbonyl (C=O) groups is 1. The Labute approximate surface area is 210 Å². The van der Waals surface area contributed by atoms with Crippen LogP contribution in [0.4, 0.5) is 0 Å². The normalized spacial score (nSPS) is 17.2. The van der Waals surface area contributed by atoms with Crippen LogP contribution in [-0.2, 0) is 14.8 Å². The highest BCUT2D eigenvalue weighted by Gasteiger charge is 2.26. The number of carbonyl (C=O) groups excluding carboxylic acids is 1. The SMILES string of the molecule is CS(=O)(=O)N[C@@H](C(=O)NC[C@@H](O)CN1CCC(Oc2ccc(Cl)c(Cl)c2)CC1)c1ccccc1. The standard InChI is InChI=1S/C23H29Cl2N3O5S/c1-34(31,32)27-22(16-5-3-2-4-6-16)23(30)26-14-17(29)15-28-11-9-18(10-12-28)33-19-7-8-20(24)21(25)13-19/h2-8,13,17-18,22,27,29H,9-12,14-15H2,1H3,(H,26,30)/t17-,22-/m1/s1. The third-order valence-electron chi connectivity index (χ3n) is 5.44. The first-order valence-corrected chi connectivity index (χ1v) is 13.6. The first-order chi connectivity index (χ1) is 16.1. The highest BCUT2D eigenvalue weighted by atomic mass is 35.5. The molecule has 11 heteroatoms. The number of rotatable bonds is 10. The van der Waals surface area contributed by atoms with Crippen molar-refractivity contribution in [2.75, 3.05) is 32.4 Å². The van der Waals surface area contributed by atoms with Crippen molar-refractivity contribution in [2.24, 2.45) is 0 Å². The van der Waals surface area contributed by atoms with Gasteiger partial charge in [-0.2, -0.15) is 4.72 Å². The van der Waals surface area contributed by atoms with Gasteiger partial charge in [-0.05, 0) is 30.5 Å². The lowest BCUT2D eigenvalue weighted by atomic mass is 10.1. The summed E-state index contributed by atoms with van der Waals surface area (Å²) in [4.78, 5) is 14.8. The number of benzene rings is 2. The second-order valence-electron chi connectivity index (χ2n) is 8.33. The maximum Gasteiger partial charge on any atom is 0.242 e. The number of amides is 1. The summed E-state index contributed by atoms with van der Waals surface area (Å²) in [5.41, 5.74) is 0.518. The van der Waals surface area contributed by atoms with E-state index in [0.29, 0.717) is 27.9 Å². The number of hydrogen-bond donors (Lipinski definition) is 3. The van der Waals surface area contributed by atoms with E-state index >= 15 is 0 Å². The number of sulfonamides is 1. The van der Waals surface area contributed by atoms with Crippen LogP contribution in [0.2, 0.25) is 10.0 Å². The van der Waals surface area contributed by atoms with Gasteiger partial charge in [-0.1, -0.05) is 53.5 Å². The van der Waals surface area contributed by atoms with E-state index in [-0.39, 0.29) is 12.6 Å². The number of piperidine rings is 1. The maximum atomic E-state index is 12.7. The fourth-order valence-electron chi connectivity index (χ4n) is 3.77. The largest absolute Gasteiger partial charge is 0.490 e. The molecule has 1 amide bonds. The highest BCUT2D eigenvalue weighted by Crippen LogP contribution is 2.28. The van der Waals surface area contributed by atoms with Gasteiger partial charge >= 0.3 is 0 Å². The molecule has 0 saturated carbocycles. The zero-order valence-corrected chi connectivity index (χ0v) is 21.1. The molecule has 0 spiro atoms. The summed E-state index contributed by atoms with van der Waals surface area (Å²) >= 11 is 12.0. The van der Waals surface area contributed by atoms with Crippen molar-refractivity contribution in [3.8, 4) is 5.75 Å². The Kier molecular flexibility index (Phi) is 9.58. The summed E-state index contributed by atoms with van der Waals surface area (Å²) < 4.78 is 31.8. The van der Waals surface area contributed by atoms with Crippen LogP contribution in [0, 0.1) is 0 Å². The molecule has 2 aromatic rings. The van der Waals surface area contributed by atoms with Gasteiger partial charge in [0.2, 0.25) is 15.9 Å². The minimum atomic E-state index is -3.62. The molecule has 0 aliphatic carbocycles. The second kappa shape index (κ2) is 12.2. The molecule has 0 aromatic heterocycles. The number of likely N-dealkylation sites (tertiary alicyclic amines) is 1. The van der Waals surface area contributed by atoms with Gasteiger partial charge in [-0.15, -0.1) is 0 Å². The molecule has 2 atom stereocenters. The van der Waals surface area contributed by atoms with Gasteiger partial charge in [0.05, 0.1) is 22.4 Å². The minimum absolute atomic E-state index is 0.00725. The number of nitrogens with zero attached hydrogens (tertiary/aromatic N) is 1. The Balaban J connectivity index is 1.45. The van der Waals surface area contributed by atoms with E-state index < -0.39 is 28.1 Å². The number of aliphatic hydroxyl groups is 1. The van der Waals surface area contributed by atoms with Crippen LogP contribution >= 0.6 is 23.2 Å². The molecule has 1 saturated heterocycles. The highest BCUT2D eigenvalue weighted by molar-refractivity contribution is 7.88. The third-order valence-corrected chi connectivity index (χ3v) is 6.84. The van der Waals surface area contributed by atoms with Gasteiger partial charge in [0.1, 0.15) is 17.9 Å². The average molecular weight is 530 g/mol. The smallest absolute Gasteiger partial charge is 0.242 e. The van der Waals surface area contributed by atoms with Gasteiger partial charge in [0.25, 0.3) is 0 Å². The van der Waals surface area contributed by atoms with Crippen LogP contribution in [0.25, 0.3) is 0 Å². The lowest BCUT2D eigenvalue weighted by Gasteiger charge is -2.33. The van der Waals surface area contributed by atoms with E-state index in [1.165, 1.54) is 0 Å². The molecule has 0 unspecified atom stereocenters. The van der Waals surface area contributed by atoms with Crippen molar-refractivity contribution < 1.29 is 23.1 Å². The lowest BCUT2D eigenvalue weighted by Crippen LogP contribution is -2.47. The van der Waals surface area contributed by atoms with Crippen LogP contribution in [0.5, 0.6) is 5.75 Å². The van der Waals surface area contributed by atoms with Crippen molar-refractivity contribution in [2.45, 2.75) is 31.1 Å². The number of hydrogen-bond acceptors (Lipinski definition) is 6. The van der Waals surface area contributed by atoms with Crippen molar-refractivity contribution in [1.82, 2.24) is 14.9 Å². The van der Waals surface area contributed by atoms with Crippen molar-refractivity contribution in [3.63, 3.8) is 0 Å². The number of aliphatic hydroxyl groups excluding tert-OH is 1. The molecule has 8 nitrogen and oxygen atoms in total. The fraction of sp³-hybridized carbons (Fsp3) is 0.435. The van der Waals surface area contributed by atoms with E-state index in [9.17, 15) is 18.3 Å². The molecular formula is C23H29Cl2N3O5S. The van der Waals surface area contributed by atoms with Crippen LogP contribution in [-0.4, -0.2) is 69.0 Å². The van der Waals surface area contributed by atoms with E-state index in [4.69, 9.17) is 27.9 Å². The quantitative estimate of drug-likeness (QED) is 0.436. The molecule has 34 heavy (non-hydrogen) atoms. The molecule has 0 radical (unpaired) electrons. The molecule has 3 N–H and O–H groups in total. The molecule has 186 valence electrons. The van der Waals surface area contributed by atoms with E-state index in [0.717, 1.165) is 32.2 Å². The first-order valence-electron chi connectivity index (χ1n) is 10.9. The topological polar surface area (TPSA) is 108 Å². The summed E-state index contributed by atoms with van der Waals surface area (Å²) in [7, 11) is -3.62. The van der Waals surface area contributed by atoms with Crippen LogP contribution in [0.3, 0.4) is 0 Å². The molecule has 1 fully saturated rings. The molecule has 2 aromatic carbocycles. The first kappa shape index (κ1) is 26.7. The summed E-state index contributed by atoms with van der Waals surface area (Å²) in [6.45, 7) is 1.86. The Hall–Kier alpha value is -1.88. The number of halogens is 2. The van der Waals surface area contributed by atoms with Crippen molar-refractivity contribution in [3.05, 3.63) is 64.1 Å². The molecule has 1 aliphatic heterocycles. The van der Waals surface area contributed by atoms with E-state index in [1.807, 2.05) is 0 Å². The summed E-state index contributed by atoms with van der Waals surface area (Å²) in [6.07, 6.45) is 1.81. The summed E-state index contributed by atoms with van der Waals surface area (Å²) in [6, 6.07) is 12.7. The maximum absolute atomic E-state index is 12.7. The number of β-amino-alcohol motifs (C(OH)–C–C–N with tert-alkyl or cyclic N) is 1. The average Bonchev–Trinajstić information content (AvgIpc) is 2.79. The third kappa shape index (κ3) is 8.41. The van der Waals surface area contributed by atoms with Crippen LogP contribution in [0.15, 0.2) is 48.5 Å². The Morgan fingerprint density at radius 2 is 1.82 bits per heavy atom. The van der Waals surface area contributed by atoms with Crippen molar-refractivity contribution >= 4 is 39.1 Å². The zero-order valence-electron chi connectivity index (χ0n) is 18.8. The van der Waals surface area contributed by atoms with Gasteiger partial charge in [-0.3, -0.25) is 4.79 Å². The van der Waals surface area contributed by atoms with Gasteiger partial charge < -0.3 is 20.1 Å². The second-order valence-corrected chi connectivity index (χ2v) is 10.9. The lowest BCUT2D eigenvalue weighted by molar-refractivity contribution is -0.123. The predicted molar refractivity (Wildman–Crippen MR) is 133 cm³/mol. The molecular weight excluding hydrogens is 501 g/mol. The fourth-order valence-corrected chi connectivity index (χ4v) is 4.73. The Bertz CT molecular complexity index is 1060. The molecule has 3 rings (SSSR count). The number of nitrogens with one attached hydrogen (secondary N) is 2. The van der Waals surface area contributed by atoms with E-state index in [1.54, 1.807) is 48.5 Å². The molecule has 0 bridgehead atoms. The summed E-state index contributed by atoms with van der Waals surface area (Å²) in [5.74, 6) is 0.149. The number of ether oxygens (including phenoxy) is 1. The Morgan fingerprint density at radius 1 is 1.15 bits per heavy atom. The van der Waals surface area contributed by atoms with Crippen LogP contribution in [0.1, 0.15) is 24.4 Å². The summed E-state index contributed by atoms with van der Waals surface area (Å²) in [5, 5.41) is 14.0. The minimum Gasteiger partial charge on any atom is -0.490 e. The van der Waals surface area contributed by atoms with Crippen LogP contribution < -0.4 is 14.8 Å². The van der Waals surface area contributed by atoms with Gasteiger partial charge in [-0.25, -0.2) is 8.42 Å².